The number of hydrogen-bond donors (Lipinski definition) is 2. The molecule has 0 spiro atoms. The lowest BCUT2D eigenvalue weighted by Crippen LogP contribution is -2.16. The molecule has 0 fully saturated rings. The van der Waals surface area contributed by atoms with E-state index in [1.165, 1.54) is 0 Å². The Balaban J connectivity index is 1.72. The van der Waals surface area contributed by atoms with Crippen LogP contribution < -0.4 is 10.1 Å². The molecule has 0 aliphatic carbocycles. The van der Waals surface area contributed by atoms with E-state index in [2.05, 4.69) is 5.32 Å². The minimum absolute atomic E-state index is 0.161. The monoisotopic (exact) mass is 403 g/mol. The van der Waals surface area contributed by atoms with Crippen molar-refractivity contribution in [1.82, 2.24) is 0 Å². The Morgan fingerprint density at radius 3 is 2.20 bits per heavy atom. The average Bonchev–Trinajstić information content (AvgIpc) is 2.78. The van der Waals surface area contributed by atoms with Gasteiger partial charge < -0.3 is 15.2 Å². The zero-order chi connectivity index (χ0) is 21.3. The van der Waals surface area contributed by atoms with Gasteiger partial charge in [0, 0.05) is 18.5 Å². The van der Waals surface area contributed by atoms with Crippen LogP contribution in [0, 0.1) is 0 Å². The van der Waals surface area contributed by atoms with Gasteiger partial charge in [0.1, 0.15) is 11.5 Å². The molecule has 0 aliphatic rings. The summed E-state index contributed by atoms with van der Waals surface area (Å²) in [5.74, 6) is -0.0580. The third kappa shape index (κ3) is 5.95. The number of carboxylic acids is 1. The van der Waals surface area contributed by atoms with E-state index in [9.17, 15) is 9.59 Å². The van der Waals surface area contributed by atoms with Crippen LogP contribution in [0.3, 0.4) is 0 Å². The fraction of sp³-hybridized carbons (Fsp3) is 0.200. The quantitative estimate of drug-likeness (QED) is 0.490. The Bertz CT molecular complexity index is 966. The standard InChI is InChI=1S/C25H25NO4/c1-30-23-15-10-19(11-16-23)24(26-21-12-8-20(9-13-21)25(28)29)17-22(27)14-7-18-5-3-2-4-6-18/h2-6,8-13,15-16,24,26H,7,14,17H2,1H3,(H,28,29). The highest BCUT2D eigenvalue weighted by molar-refractivity contribution is 5.88. The van der Waals surface area contributed by atoms with Crippen molar-refractivity contribution >= 4 is 17.4 Å². The minimum Gasteiger partial charge on any atom is -0.497 e. The van der Waals surface area contributed by atoms with E-state index in [0.717, 1.165) is 22.6 Å². The van der Waals surface area contributed by atoms with Crippen molar-refractivity contribution in [2.45, 2.75) is 25.3 Å². The molecule has 2 N–H and O–H groups in total. The van der Waals surface area contributed by atoms with Crippen LogP contribution >= 0.6 is 0 Å². The Labute approximate surface area is 176 Å². The van der Waals surface area contributed by atoms with Gasteiger partial charge in [-0.3, -0.25) is 4.79 Å². The fourth-order valence-corrected chi connectivity index (χ4v) is 3.26. The first-order valence-electron chi connectivity index (χ1n) is 9.84. The summed E-state index contributed by atoms with van der Waals surface area (Å²) < 4.78 is 5.23. The number of Topliss-reactive ketones (excluding diaryl/α,β-unsaturated/α-hetero) is 1. The molecule has 154 valence electrons. The Hall–Kier alpha value is -3.60. The number of aryl methyl sites for hydroxylation is 1. The lowest BCUT2D eigenvalue weighted by molar-refractivity contribution is -0.119. The summed E-state index contributed by atoms with van der Waals surface area (Å²) >= 11 is 0. The molecule has 30 heavy (non-hydrogen) atoms. The van der Waals surface area contributed by atoms with Crippen LogP contribution in [0.15, 0.2) is 78.9 Å². The zero-order valence-electron chi connectivity index (χ0n) is 16.9. The summed E-state index contributed by atoms with van der Waals surface area (Å²) in [4.78, 5) is 23.8. The highest BCUT2D eigenvalue weighted by atomic mass is 16.5. The largest absolute Gasteiger partial charge is 0.497 e. The van der Waals surface area contributed by atoms with E-state index < -0.39 is 5.97 Å². The zero-order valence-corrected chi connectivity index (χ0v) is 16.9. The number of rotatable bonds is 10. The summed E-state index contributed by atoms with van der Waals surface area (Å²) in [6.45, 7) is 0. The summed E-state index contributed by atoms with van der Waals surface area (Å²) in [6, 6.07) is 23.9. The van der Waals surface area contributed by atoms with Gasteiger partial charge in [-0.05, 0) is 53.9 Å². The van der Waals surface area contributed by atoms with Crippen LogP contribution in [0.25, 0.3) is 0 Å². The van der Waals surface area contributed by atoms with Gasteiger partial charge in [0.25, 0.3) is 0 Å². The molecule has 1 atom stereocenters. The lowest BCUT2D eigenvalue weighted by Gasteiger charge is -2.20. The minimum atomic E-state index is -0.968. The van der Waals surface area contributed by atoms with Crippen molar-refractivity contribution in [3.05, 3.63) is 95.6 Å². The molecule has 3 aromatic carbocycles. The van der Waals surface area contributed by atoms with Gasteiger partial charge in [-0.25, -0.2) is 4.79 Å². The molecule has 0 aromatic heterocycles. The molecule has 5 heteroatoms. The molecular formula is C25H25NO4. The van der Waals surface area contributed by atoms with E-state index >= 15 is 0 Å². The molecule has 3 aromatic rings. The van der Waals surface area contributed by atoms with Crippen LogP contribution in [-0.4, -0.2) is 24.0 Å². The molecule has 0 aliphatic heterocycles. The smallest absolute Gasteiger partial charge is 0.335 e. The predicted molar refractivity (Wildman–Crippen MR) is 117 cm³/mol. The van der Waals surface area contributed by atoms with Crippen molar-refractivity contribution in [3.8, 4) is 5.75 Å². The van der Waals surface area contributed by atoms with Gasteiger partial charge >= 0.3 is 5.97 Å². The van der Waals surface area contributed by atoms with Crippen molar-refractivity contribution in [2.24, 2.45) is 0 Å². The number of hydrogen-bond acceptors (Lipinski definition) is 4. The van der Waals surface area contributed by atoms with Crippen LogP contribution in [0.5, 0.6) is 5.75 Å². The van der Waals surface area contributed by atoms with Crippen LogP contribution in [0.1, 0.15) is 40.4 Å². The third-order valence-electron chi connectivity index (χ3n) is 4.96. The van der Waals surface area contributed by atoms with Crippen molar-refractivity contribution < 1.29 is 19.4 Å². The first kappa shape index (κ1) is 21.1. The van der Waals surface area contributed by atoms with E-state index in [1.54, 1.807) is 31.4 Å². The van der Waals surface area contributed by atoms with Gasteiger partial charge in [0.2, 0.25) is 0 Å². The number of ether oxygens (including phenoxy) is 1. The van der Waals surface area contributed by atoms with E-state index in [0.29, 0.717) is 19.3 Å². The first-order valence-corrected chi connectivity index (χ1v) is 9.84. The molecule has 3 rings (SSSR count). The maximum atomic E-state index is 12.7. The summed E-state index contributed by atoms with van der Waals surface area (Å²) in [5.41, 5.74) is 3.09. The van der Waals surface area contributed by atoms with Gasteiger partial charge in [-0.2, -0.15) is 0 Å². The highest BCUT2D eigenvalue weighted by Gasteiger charge is 2.17. The van der Waals surface area contributed by atoms with Gasteiger partial charge in [-0.1, -0.05) is 42.5 Å². The van der Waals surface area contributed by atoms with E-state index in [4.69, 9.17) is 9.84 Å². The van der Waals surface area contributed by atoms with Gasteiger partial charge in [-0.15, -0.1) is 0 Å². The van der Waals surface area contributed by atoms with Crippen molar-refractivity contribution in [2.75, 3.05) is 12.4 Å². The van der Waals surface area contributed by atoms with Crippen molar-refractivity contribution in [3.63, 3.8) is 0 Å². The Morgan fingerprint density at radius 2 is 1.60 bits per heavy atom. The molecule has 0 saturated carbocycles. The molecular weight excluding hydrogens is 378 g/mol. The number of benzene rings is 3. The molecule has 5 nitrogen and oxygen atoms in total. The number of anilines is 1. The van der Waals surface area contributed by atoms with Crippen LogP contribution in [-0.2, 0) is 11.2 Å². The molecule has 0 bridgehead atoms. The van der Waals surface area contributed by atoms with Crippen LogP contribution in [0.2, 0.25) is 0 Å². The van der Waals surface area contributed by atoms with E-state index in [1.807, 2.05) is 54.6 Å². The molecule has 0 heterocycles. The molecule has 0 radical (unpaired) electrons. The van der Waals surface area contributed by atoms with Crippen LogP contribution in [0.4, 0.5) is 5.69 Å². The summed E-state index contributed by atoms with van der Waals surface area (Å²) in [7, 11) is 1.61. The summed E-state index contributed by atoms with van der Waals surface area (Å²) in [5, 5.41) is 12.5. The number of nitrogens with one attached hydrogen (secondary N) is 1. The first-order chi connectivity index (χ1) is 14.5. The maximum absolute atomic E-state index is 12.7. The normalized spacial score (nSPS) is 11.5. The number of carboxylic acid groups (broad SMARTS) is 1. The number of aromatic carboxylic acids is 1. The number of carbonyl (C=O) groups is 2. The average molecular weight is 403 g/mol. The maximum Gasteiger partial charge on any atom is 0.335 e. The second kappa shape index (κ2) is 10.3. The van der Waals surface area contributed by atoms with Crippen molar-refractivity contribution in [1.29, 1.82) is 0 Å². The van der Waals surface area contributed by atoms with E-state index in [-0.39, 0.29) is 17.4 Å². The van der Waals surface area contributed by atoms with Gasteiger partial charge in [0.15, 0.2) is 0 Å². The summed E-state index contributed by atoms with van der Waals surface area (Å²) in [6.07, 6.45) is 1.51. The lowest BCUT2D eigenvalue weighted by atomic mass is 9.97. The molecule has 1 unspecified atom stereocenters. The predicted octanol–water partition coefficient (Wildman–Crippen LogP) is 5.14. The number of ketones is 1. The van der Waals surface area contributed by atoms with Gasteiger partial charge in [0.05, 0.1) is 18.7 Å². The second-order valence-electron chi connectivity index (χ2n) is 7.08. The topological polar surface area (TPSA) is 75.6 Å². The Morgan fingerprint density at radius 1 is 0.933 bits per heavy atom. The SMILES string of the molecule is COc1ccc(C(CC(=O)CCc2ccccc2)Nc2ccc(C(=O)O)cc2)cc1. The molecule has 0 amide bonds. The number of methoxy groups -OCH3 is 1. The fourth-order valence-electron chi connectivity index (χ4n) is 3.26. The highest BCUT2D eigenvalue weighted by Crippen LogP contribution is 2.26. The molecule has 0 saturated heterocycles. The second-order valence-corrected chi connectivity index (χ2v) is 7.08. The number of carbonyl (C=O) groups excluding carboxylic acids is 1. The Kier molecular flexibility index (Phi) is 7.22. The third-order valence-corrected chi connectivity index (χ3v) is 4.96.